The van der Waals surface area contributed by atoms with Crippen molar-refractivity contribution in [3.63, 3.8) is 0 Å². The lowest BCUT2D eigenvalue weighted by atomic mass is 10.2. The number of anilines is 1. The van der Waals surface area contributed by atoms with Crippen LogP contribution in [-0.2, 0) is 0 Å². The Morgan fingerprint density at radius 1 is 1.43 bits per heavy atom. The molecule has 0 spiro atoms. The lowest BCUT2D eigenvalue weighted by Crippen LogP contribution is -2.02. The number of rotatable bonds is 1. The smallest absolute Gasteiger partial charge is 0.143 e. The van der Waals surface area contributed by atoms with E-state index >= 15 is 0 Å². The standard InChI is InChI=1S/C8H8IN5/c1-5-7(14-4-11-12-13-14)3-2-6(10)8(5)9/h2-4H,10H2,1H3. The fourth-order valence-electron chi connectivity index (χ4n) is 1.22. The van der Waals surface area contributed by atoms with Gasteiger partial charge in [0.15, 0.2) is 0 Å². The SMILES string of the molecule is Cc1c(-n2cnnn2)ccc(N)c1I. The molecular formula is C8H8IN5. The average Bonchev–Trinajstić information content (AvgIpc) is 2.67. The van der Waals surface area contributed by atoms with Crippen LogP contribution < -0.4 is 5.73 Å². The van der Waals surface area contributed by atoms with Gasteiger partial charge in [0.1, 0.15) is 6.33 Å². The van der Waals surface area contributed by atoms with Gasteiger partial charge >= 0.3 is 0 Å². The van der Waals surface area contributed by atoms with E-state index in [2.05, 4.69) is 38.1 Å². The number of benzene rings is 1. The van der Waals surface area contributed by atoms with Gasteiger partial charge in [-0.1, -0.05) is 0 Å². The second-order valence-corrected chi connectivity index (χ2v) is 3.95. The Morgan fingerprint density at radius 2 is 2.21 bits per heavy atom. The summed E-state index contributed by atoms with van der Waals surface area (Å²) in [6, 6.07) is 3.76. The van der Waals surface area contributed by atoms with Gasteiger partial charge in [-0.05, 0) is 57.6 Å². The first-order chi connectivity index (χ1) is 6.70. The van der Waals surface area contributed by atoms with E-state index in [-0.39, 0.29) is 0 Å². The summed E-state index contributed by atoms with van der Waals surface area (Å²) >= 11 is 2.21. The summed E-state index contributed by atoms with van der Waals surface area (Å²) in [6.45, 7) is 2.00. The van der Waals surface area contributed by atoms with Crippen molar-refractivity contribution in [1.29, 1.82) is 0 Å². The maximum atomic E-state index is 5.77. The van der Waals surface area contributed by atoms with Gasteiger partial charge in [-0.15, -0.1) is 5.10 Å². The molecule has 0 saturated heterocycles. The molecule has 0 unspecified atom stereocenters. The monoisotopic (exact) mass is 301 g/mol. The van der Waals surface area contributed by atoms with Gasteiger partial charge in [0.2, 0.25) is 0 Å². The molecule has 0 atom stereocenters. The first kappa shape index (κ1) is 9.38. The molecule has 72 valence electrons. The van der Waals surface area contributed by atoms with Crippen LogP contribution in [0.3, 0.4) is 0 Å². The van der Waals surface area contributed by atoms with Crippen LogP contribution in [0, 0.1) is 10.5 Å². The van der Waals surface area contributed by atoms with Gasteiger partial charge in [0.25, 0.3) is 0 Å². The molecule has 0 radical (unpaired) electrons. The number of nitrogen functional groups attached to an aromatic ring is 1. The summed E-state index contributed by atoms with van der Waals surface area (Å²) in [6.07, 6.45) is 1.56. The second-order valence-electron chi connectivity index (χ2n) is 2.87. The highest BCUT2D eigenvalue weighted by atomic mass is 127. The Hall–Kier alpha value is -1.18. The summed E-state index contributed by atoms with van der Waals surface area (Å²) < 4.78 is 2.66. The molecule has 1 aromatic carbocycles. The van der Waals surface area contributed by atoms with Crippen molar-refractivity contribution >= 4 is 28.3 Å². The molecule has 1 aromatic heterocycles. The highest BCUT2D eigenvalue weighted by Crippen LogP contribution is 2.24. The minimum absolute atomic E-state index is 0.778. The van der Waals surface area contributed by atoms with Crippen LogP contribution in [0.1, 0.15) is 5.56 Å². The molecule has 0 saturated carbocycles. The third-order valence-corrected chi connectivity index (χ3v) is 3.42. The minimum Gasteiger partial charge on any atom is -0.398 e. The third kappa shape index (κ3) is 1.45. The van der Waals surface area contributed by atoms with Crippen LogP contribution in [0.5, 0.6) is 0 Å². The zero-order valence-electron chi connectivity index (χ0n) is 7.48. The fraction of sp³-hybridized carbons (Fsp3) is 0.125. The van der Waals surface area contributed by atoms with E-state index in [1.165, 1.54) is 0 Å². The van der Waals surface area contributed by atoms with Gasteiger partial charge in [-0.2, -0.15) is 0 Å². The number of hydrogen-bond donors (Lipinski definition) is 1. The Bertz CT molecular complexity index is 451. The number of nitrogens with two attached hydrogens (primary N) is 1. The number of halogens is 1. The molecular weight excluding hydrogens is 293 g/mol. The molecule has 2 rings (SSSR count). The summed E-state index contributed by atoms with van der Waals surface area (Å²) in [5.41, 5.74) is 8.59. The Balaban J connectivity index is 2.61. The van der Waals surface area contributed by atoms with E-state index in [0.717, 1.165) is 20.5 Å². The molecule has 0 aliphatic rings. The Labute approximate surface area is 94.4 Å². The lowest BCUT2D eigenvalue weighted by Gasteiger charge is -2.08. The number of nitrogens with zero attached hydrogens (tertiary/aromatic N) is 4. The Morgan fingerprint density at radius 3 is 2.86 bits per heavy atom. The van der Waals surface area contributed by atoms with E-state index in [4.69, 9.17) is 5.73 Å². The second kappa shape index (κ2) is 3.52. The molecule has 1 heterocycles. The van der Waals surface area contributed by atoms with Gasteiger partial charge in [0.05, 0.1) is 5.69 Å². The van der Waals surface area contributed by atoms with Crippen LogP contribution in [0.15, 0.2) is 18.5 Å². The van der Waals surface area contributed by atoms with E-state index in [9.17, 15) is 0 Å². The molecule has 0 amide bonds. The first-order valence-electron chi connectivity index (χ1n) is 3.98. The van der Waals surface area contributed by atoms with E-state index in [1.54, 1.807) is 11.0 Å². The minimum atomic E-state index is 0.778. The van der Waals surface area contributed by atoms with Crippen LogP contribution in [0.4, 0.5) is 5.69 Å². The molecule has 6 heteroatoms. The van der Waals surface area contributed by atoms with E-state index in [1.807, 2.05) is 19.1 Å². The van der Waals surface area contributed by atoms with Gasteiger partial charge in [0, 0.05) is 9.26 Å². The number of tetrazole rings is 1. The summed E-state index contributed by atoms with van der Waals surface area (Å²) in [7, 11) is 0. The topological polar surface area (TPSA) is 69.6 Å². The average molecular weight is 301 g/mol. The van der Waals surface area contributed by atoms with Crippen LogP contribution >= 0.6 is 22.6 Å². The molecule has 0 aliphatic carbocycles. The number of aromatic nitrogens is 4. The maximum Gasteiger partial charge on any atom is 0.143 e. The molecule has 14 heavy (non-hydrogen) atoms. The summed E-state index contributed by atoms with van der Waals surface area (Å²) in [5, 5.41) is 11.0. The van der Waals surface area contributed by atoms with Crippen molar-refractivity contribution in [2.45, 2.75) is 6.92 Å². The summed E-state index contributed by atoms with van der Waals surface area (Å²) in [5.74, 6) is 0. The zero-order valence-corrected chi connectivity index (χ0v) is 9.63. The molecule has 0 aliphatic heterocycles. The van der Waals surface area contributed by atoms with E-state index in [0.29, 0.717) is 0 Å². The fourth-order valence-corrected chi connectivity index (χ4v) is 1.67. The van der Waals surface area contributed by atoms with Crippen LogP contribution in [-0.4, -0.2) is 20.2 Å². The molecule has 5 nitrogen and oxygen atoms in total. The highest BCUT2D eigenvalue weighted by Gasteiger charge is 2.07. The van der Waals surface area contributed by atoms with Gasteiger partial charge < -0.3 is 5.73 Å². The maximum absolute atomic E-state index is 5.77. The van der Waals surface area contributed by atoms with E-state index < -0.39 is 0 Å². The predicted octanol–water partition coefficient (Wildman–Crippen LogP) is 1.16. The lowest BCUT2D eigenvalue weighted by molar-refractivity contribution is 0.785. The predicted molar refractivity (Wildman–Crippen MR) is 61.0 cm³/mol. The van der Waals surface area contributed by atoms with Crippen molar-refractivity contribution in [3.05, 3.63) is 27.6 Å². The van der Waals surface area contributed by atoms with Crippen LogP contribution in [0.2, 0.25) is 0 Å². The molecule has 2 N–H and O–H groups in total. The van der Waals surface area contributed by atoms with Crippen molar-refractivity contribution in [1.82, 2.24) is 20.2 Å². The molecule has 0 fully saturated rings. The summed E-state index contributed by atoms with van der Waals surface area (Å²) in [4.78, 5) is 0. The van der Waals surface area contributed by atoms with Crippen LogP contribution in [0.25, 0.3) is 5.69 Å². The van der Waals surface area contributed by atoms with Crippen molar-refractivity contribution < 1.29 is 0 Å². The van der Waals surface area contributed by atoms with Crippen molar-refractivity contribution in [3.8, 4) is 5.69 Å². The largest absolute Gasteiger partial charge is 0.398 e. The van der Waals surface area contributed by atoms with Crippen molar-refractivity contribution in [2.75, 3.05) is 5.73 Å². The van der Waals surface area contributed by atoms with Gasteiger partial charge in [-0.3, -0.25) is 0 Å². The molecule has 0 bridgehead atoms. The highest BCUT2D eigenvalue weighted by molar-refractivity contribution is 14.1. The zero-order chi connectivity index (χ0) is 10.1. The quantitative estimate of drug-likeness (QED) is 0.634. The Kier molecular flexibility index (Phi) is 2.36. The normalized spacial score (nSPS) is 10.4. The molecule has 2 aromatic rings. The first-order valence-corrected chi connectivity index (χ1v) is 5.06. The number of hydrogen-bond acceptors (Lipinski definition) is 4. The van der Waals surface area contributed by atoms with Gasteiger partial charge in [-0.25, -0.2) is 4.68 Å². The third-order valence-electron chi connectivity index (χ3n) is 1.98. The van der Waals surface area contributed by atoms with Crippen molar-refractivity contribution in [2.24, 2.45) is 0 Å².